The Morgan fingerprint density at radius 3 is 2.43 bits per heavy atom. The van der Waals surface area contributed by atoms with Crippen molar-refractivity contribution >= 4 is 11.9 Å². The molecule has 154 valence electrons. The standard InChI is InChI=1S/C23H22N2O5/c1-28-20(15-8-4-3-5-9-15)21-24-18-14-25(13-12-19(18)30-21)22(26)16-10-6-7-11-17(16)23(27)29-2/h3-11,20H,12-14H2,1-2H3. The Bertz CT molecular complexity index is 1060. The number of nitrogens with zero attached hydrogens (tertiary/aromatic N) is 2. The van der Waals surface area contributed by atoms with Crippen LogP contribution in [0.1, 0.15) is 49.7 Å². The maximum atomic E-state index is 13.1. The van der Waals surface area contributed by atoms with Gasteiger partial charge in [-0.3, -0.25) is 4.79 Å². The number of fused-ring (bicyclic) bond motifs is 1. The van der Waals surface area contributed by atoms with Gasteiger partial charge in [0.25, 0.3) is 5.91 Å². The van der Waals surface area contributed by atoms with Gasteiger partial charge in [0.15, 0.2) is 6.10 Å². The van der Waals surface area contributed by atoms with E-state index in [-0.39, 0.29) is 11.5 Å². The van der Waals surface area contributed by atoms with Gasteiger partial charge in [-0.25, -0.2) is 9.78 Å². The van der Waals surface area contributed by atoms with Crippen LogP contribution in [0.3, 0.4) is 0 Å². The maximum Gasteiger partial charge on any atom is 0.338 e. The number of methoxy groups -OCH3 is 2. The maximum absolute atomic E-state index is 13.1. The zero-order valence-corrected chi connectivity index (χ0v) is 16.8. The van der Waals surface area contributed by atoms with Gasteiger partial charge in [0.05, 0.1) is 24.8 Å². The molecule has 0 radical (unpaired) electrons. The summed E-state index contributed by atoms with van der Waals surface area (Å²) in [5, 5.41) is 0. The van der Waals surface area contributed by atoms with Gasteiger partial charge in [-0.05, 0) is 17.7 Å². The number of ether oxygens (including phenoxy) is 2. The molecule has 0 spiro atoms. The van der Waals surface area contributed by atoms with Crippen LogP contribution >= 0.6 is 0 Å². The Kier molecular flexibility index (Phi) is 5.63. The summed E-state index contributed by atoms with van der Waals surface area (Å²) in [4.78, 5) is 31.4. The number of amides is 1. The highest BCUT2D eigenvalue weighted by molar-refractivity contribution is 6.05. The van der Waals surface area contributed by atoms with E-state index in [9.17, 15) is 9.59 Å². The fourth-order valence-corrected chi connectivity index (χ4v) is 3.64. The normalized spacial score (nSPS) is 14.1. The SMILES string of the molecule is COC(=O)c1ccccc1C(=O)N1CCc2oc(C(OC)c3ccccc3)nc2C1. The second kappa shape index (κ2) is 8.51. The van der Waals surface area contributed by atoms with Gasteiger partial charge in [0.1, 0.15) is 11.5 Å². The fourth-order valence-electron chi connectivity index (χ4n) is 3.64. The van der Waals surface area contributed by atoms with Crippen molar-refractivity contribution < 1.29 is 23.5 Å². The van der Waals surface area contributed by atoms with E-state index < -0.39 is 12.1 Å². The van der Waals surface area contributed by atoms with Crippen molar-refractivity contribution in [2.75, 3.05) is 20.8 Å². The van der Waals surface area contributed by atoms with Crippen LogP contribution < -0.4 is 0 Å². The second-order valence-corrected chi connectivity index (χ2v) is 6.96. The molecule has 4 rings (SSSR count). The van der Waals surface area contributed by atoms with Crippen LogP contribution in [-0.4, -0.2) is 42.5 Å². The summed E-state index contributed by atoms with van der Waals surface area (Å²) in [5.41, 5.74) is 2.22. The summed E-state index contributed by atoms with van der Waals surface area (Å²) in [6.07, 6.45) is 0.126. The van der Waals surface area contributed by atoms with Gasteiger partial charge < -0.3 is 18.8 Å². The van der Waals surface area contributed by atoms with E-state index in [0.29, 0.717) is 36.7 Å². The summed E-state index contributed by atoms with van der Waals surface area (Å²) in [6.45, 7) is 0.775. The molecule has 7 heteroatoms. The number of carbonyl (C=O) groups is 2. The van der Waals surface area contributed by atoms with E-state index in [1.807, 2.05) is 30.3 Å². The smallest absolute Gasteiger partial charge is 0.338 e. The first kappa shape index (κ1) is 19.8. The van der Waals surface area contributed by atoms with Crippen LogP contribution in [0.2, 0.25) is 0 Å². The van der Waals surface area contributed by atoms with E-state index in [1.165, 1.54) is 7.11 Å². The number of oxazole rings is 1. The predicted molar refractivity (Wildman–Crippen MR) is 108 cm³/mol. The van der Waals surface area contributed by atoms with Crippen LogP contribution in [-0.2, 0) is 22.4 Å². The van der Waals surface area contributed by atoms with Gasteiger partial charge in [-0.15, -0.1) is 0 Å². The number of benzene rings is 2. The van der Waals surface area contributed by atoms with E-state index in [0.717, 1.165) is 11.3 Å². The van der Waals surface area contributed by atoms with Crippen molar-refractivity contribution in [3.8, 4) is 0 Å². The third kappa shape index (κ3) is 3.71. The predicted octanol–water partition coefficient (Wildman–Crippen LogP) is 3.40. The molecule has 7 nitrogen and oxygen atoms in total. The molecule has 30 heavy (non-hydrogen) atoms. The lowest BCUT2D eigenvalue weighted by molar-refractivity contribution is 0.0588. The van der Waals surface area contributed by atoms with Crippen molar-refractivity contribution in [1.82, 2.24) is 9.88 Å². The summed E-state index contributed by atoms with van der Waals surface area (Å²) in [7, 11) is 2.91. The summed E-state index contributed by atoms with van der Waals surface area (Å²) in [6, 6.07) is 16.4. The number of carbonyl (C=O) groups excluding carboxylic acids is 2. The monoisotopic (exact) mass is 406 g/mol. The molecule has 1 atom stereocenters. The molecule has 1 aromatic heterocycles. The number of rotatable bonds is 5. The molecule has 0 aliphatic carbocycles. The molecule has 0 bridgehead atoms. The zero-order chi connectivity index (χ0) is 21.1. The van der Waals surface area contributed by atoms with Crippen LogP contribution in [0.4, 0.5) is 0 Å². The zero-order valence-electron chi connectivity index (χ0n) is 16.8. The Hall–Kier alpha value is -3.45. The highest BCUT2D eigenvalue weighted by Crippen LogP contribution is 2.29. The van der Waals surface area contributed by atoms with Crippen molar-refractivity contribution in [1.29, 1.82) is 0 Å². The van der Waals surface area contributed by atoms with E-state index in [2.05, 4.69) is 4.98 Å². The topological polar surface area (TPSA) is 81.9 Å². The Balaban J connectivity index is 1.58. The average Bonchev–Trinajstić information content (AvgIpc) is 3.22. The molecule has 0 N–H and O–H groups in total. The van der Waals surface area contributed by atoms with Crippen molar-refractivity contribution in [2.45, 2.75) is 19.1 Å². The minimum absolute atomic E-state index is 0.238. The number of esters is 1. The van der Waals surface area contributed by atoms with Crippen LogP contribution in [0.25, 0.3) is 0 Å². The second-order valence-electron chi connectivity index (χ2n) is 6.96. The Labute approximate surface area is 174 Å². The number of hydrogen-bond acceptors (Lipinski definition) is 6. The molecule has 1 aliphatic heterocycles. The third-order valence-corrected chi connectivity index (χ3v) is 5.16. The van der Waals surface area contributed by atoms with E-state index in [1.54, 1.807) is 36.3 Å². The molecule has 0 saturated carbocycles. The third-order valence-electron chi connectivity index (χ3n) is 5.16. The average molecular weight is 406 g/mol. The van der Waals surface area contributed by atoms with Gasteiger partial charge in [0, 0.05) is 20.1 Å². The van der Waals surface area contributed by atoms with Gasteiger partial charge >= 0.3 is 5.97 Å². The Morgan fingerprint density at radius 2 is 1.73 bits per heavy atom. The van der Waals surface area contributed by atoms with Crippen LogP contribution in [0.15, 0.2) is 59.0 Å². The van der Waals surface area contributed by atoms with Gasteiger partial charge in [-0.2, -0.15) is 0 Å². The number of aromatic nitrogens is 1. The molecule has 0 fully saturated rings. The molecule has 1 unspecified atom stereocenters. The van der Waals surface area contributed by atoms with Crippen LogP contribution in [0.5, 0.6) is 0 Å². The molecular formula is C23H22N2O5. The first-order valence-corrected chi connectivity index (χ1v) is 9.65. The van der Waals surface area contributed by atoms with E-state index >= 15 is 0 Å². The highest BCUT2D eigenvalue weighted by atomic mass is 16.5. The quantitative estimate of drug-likeness (QED) is 0.604. The minimum atomic E-state index is -0.536. The fraction of sp³-hybridized carbons (Fsp3) is 0.261. The first-order valence-electron chi connectivity index (χ1n) is 9.65. The molecule has 2 aromatic carbocycles. The Morgan fingerprint density at radius 1 is 1.03 bits per heavy atom. The molecule has 2 heterocycles. The number of hydrogen-bond donors (Lipinski definition) is 0. The summed E-state index contributed by atoms with van der Waals surface area (Å²) < 4.78 is 16.4. The largest absolute Gasteiger partial charge is 0.465 e. The molecule has 1 aliphatic rings. The lowest BCUT2D eigenvalue weighted by Gasteiger charge is -2.26. The van der Waals surface area contributed by atoms with Crippen molar-refractivity contribution in [2.24, 2.45) is 0 Å². The lowest BCUT2D eigenvalue weighted by Crippen LogP contribution is -2.36. The van der Waals surface area contributed by atoms with Crippen molar-refractivity contribution in [3.05, 3.63) is 88.6 Å². The van der Waals surface area contributed by atoms with E-state index in [4.69, 9.17) is 13.9 Å². The molecule has 1 amide bonds. The molecular weight excluding hydrogens is 384 g/mol. The van der Waals surface area contributed by atoms with Gasteiger partial charge in [-0.1, -0.05) is 42.5 Å². The highest BCUT2D eigenvalue weighted by Gasteiger charge is 2.30. The minimum Gasteiger partial charge on any atom is -0.465 e. The summed E-state index contributed by atoms with van der Waals surface area (Å²) in [5.74, 6) is 0.454. The van der Waals surface area contributed by atoms with Crippen LogP contribution in [0, 0.1) is 0 Å². The molecule has 0 saturated heterocycles. The lowest BCUT2D eigenvalue weighted by atomic mass is 10.0. The molecule has 3 aromatic rings. The summed E-state index contributed by atoms with van der Waals surface area (Å²) >= 11 is 0. The van der Waals surface area contributed by atoms with Gasteiger partial charge in [0.2, 0.25) is 5.89 Å². The van der Waals surface area contributed by atoms with Crippen molar-refractivity contribution in [3.63, 3.8) is 0 Å². The first-order chi connectivity index (χ1) is 14.6.